The molecule has 1 fully saturated rings. The number of para-hydroxylation sites is 1. The standard InChI is InChI=1S/C22H21FN4S/c1-15-9-11-27(12-10-15)22-26-20(16-7-8-17(14-24)19(23)13-16)21(28-22)25-18-5-3-2-4-6-18/h2-8,13,15,25H,9-12H2,1H3. The average Bonchev–Trinajstić information content (AvgIpc) is 3.13. The first-order valence-electron chi connectivity index (χ1n) is 9.42. The summed E-state index contributed by atoms with van der Waals surface area (Å²) in [4.78, 5) is 7.16. The summed E-state index contributed by atoms with van der Waals surface area (Å²) < 4.78 is 14.2. The third-order valence-electron chi connectivity index (χ3n) is 5.06. The minimum Gasteiger partial charge on any atom is -0.348 e. The van der Waals surface area contributed by atoms with Gasteiger partial charge in [-0.1, -0.05) is 42.5 Å². The highest BCUT2D eigenvalue weighted by atomic mass is 32.1. The van der Waals surface area contributed by atoms with E-state index in [9.17, 15) is 4.39 Å². The minimum absolute atomic E-state index is 0.0433. The molecule has 6 heteroatoms. The number of thiazole rings is 1. The molecule has 0 aliphatic carbocycles. The summed E-state index contributed by atoms with van der Waals surface area (Å²) in [7, 11) is 0. The van der Waals surface area contributed by atoms with Crippen LogP contribution in [0.25, 0.3) is 11.3 Å². The van der Waals surface area contributed by atoms with Gasteiger partial charge in [0.25, 0.3) is 0 Å². The maximum absolute atomic E-state index is 14.2. The highest BCUT2D eigenvalue weighted by Crippen LogP contribution is 2.40. The fraction of sp³-hybridized carbons (Fsp3) is 0.273. The van der Waals surface area contributed by atoms with Gasteiger partial charge in [-0.3, -0.25) is 0 Å². The summed E-state index contributed by atoms with van der Waals surface area (Å²) in [5.74, 6) is 0.220. The van der Waals surface area contributed by atoms with Crippen molar-refractivity contribution in [3.8, 4) is 17.3 Å². The van der Waals surface area contributed by atoms with Crippen LogP contribution in [0.1, 0.15) is 25.3 Å². The van der Waals surface area contributed by atoms with Crippen LogP contribution in [-0.4, -0.2) is 18.1 Å². The van der Waals surface area contributed by atoms with Gasteiger partial charge >= 0.3 is 0 Å². The third kappa shape index (κ3) is 3.85. The molecule has 2 aromatic carbocycles. The van der Waals surface area contributed by atoms with E-state index in [0.29, 0.717) is 11.3 Å². The van der Waals surface area contributed by atoms with Crippen molar-refractivity contribution < 1.29 is 4.39 Å². The van der Waals surface area contributed by atoms with Gasteiger partial charge in [-0.15, -0.1) is 0 Å². The first-order valence-corrected chi connectivity index (χ1v) is 10.2. The summed E-state index contributed by atoms with van der Waals surface area (Å²) >= 11 is 1.59. The summed E-state index contributed by atoms with van der Waals surface area (Å²) in [5.41, 5.74) is 2.38. The number of nitrogens with one attached hydrogen (secondary N) is 1. The zero-order valence-corrected chi connectivity index (χ0v) is 16.5. The van der Waals surface area contributed by atoms with Gasteiger partial charge in [-0.2, -0.15) is 5.26 Å². The zero-order chi connectivity index (χ0) is 19.5. The summed E-state index contributed by atoms with van der Waals surface area (Å²) in [6, 6.07) is 16.4. The molecule has 0 amide bonds. The predicted molar refractivity (Wildman–Crippen MR) is 113 cm³/mol. The molecule has 0 radical (unpaired) electrons. The van der Waals surface area contributed by atoms with E-state index in [0.717, 1.165) is 47.7 Å². The lowest BCUT2D eigenvalue weighted by Gasteiger charge is -2.29. The Bertz CT molecular complexity index is 1000. The van der Waals surface area contributed by atoms with Crippen molar-refractivity contribution in [2.24, 2.45) is 5.92 Å². The highest BCUT2D eigenvalue weighted by Gasteiger charge is 2.22. The Morgan fingerprint density at radius 3 is 2.61 bits per heavy atom. The predicted octanol–water partition coefficient (Wildman–Crippen LogP) is 5.80. The number of anilines is 3. The molecule has 4 rings (SSSR count). The molecule has 2 heterocycles. The Labute approximate surface area is 168 Å². The maximum Gasteiger partial charge on any atom is 0.187 e. The van der Waals surface area contributed by atoms with Crippen molar-refractivity contribution in [3.05, 3.63) is 59.9 Å². The Morgan fingerprint density at radius 1 is 1.18 bits per heavy atom. The van der Waals surface area contributed by atoms with Gasteiger partial charge in [0, 0.05) is 24.3 Å². The Hall–Kier alpha value is -2.91. The van der Waals surface area contributed by atoms with E-state index in [1.165, 1.54) is 12.1 Å². The van der Waals surface area contributed by atoms with E-state index < -0.39 is 5.82 Å². The smallest absolute Gasteiger partial charge is 0.187 e. The van der Waals surface area contributed by atoms with Gasteiger partial charge in [-0.05, 0) is 43.0 Å². The first-order chi connectivity index (χ1) is 13.6. The third-order valence-corrected chi connectivity index (χ3v) is 6.10. The number of rotatable bonds is 4. The van der Waals surface area contributed by atoms with E-state index in [4.69, 9.17) is 10.2 Å². The van der Waals surface area contributed by atoms with Crippen LogP contribution in [0.5, 0.6) is 0 Å². The van der Waals surface area contributed by atoms with Crippen LogP contribution >= 0.6 is 11.3 Å². The summed E-state index contributed by atoms with van der Waals surface area (Å²) in [6.07, 6.45) is 2.31. The van der Waals surface area contributed by atoms with Crippen LogP contribution in [0.15, 0.2) is 48.5 Å². The molecule has 0 unspecified atom stereocenters. The molecule has 1 aliphatic rings. The second-order valence-corrected chi connectivity index (χ2v) is 8.12. The molecule has 1 saturated heterocycles. The van der Waals surface area contributed by atoms with Crippen LogP contribution in [-0.2, 0) is 0 Å². The summed E-state index contributed by atoms with van der Waals surface area (Å²) in [5, 5.41) is 14.3. The number of piperidine rings is 1. The number of hydrogen-bond acceptors (Lipinski definition) is 5. The van der Waals surface area contributed by atoms with Gasteiger partial charge in [0.2, 0.25) is 0 Å². The van der Waals surface area contributed by atoms with E-state index in [1.54, 1.807) is 17.4 Å². The molecule has 0 spiro atoms. The SMILES string of the molecule is CC1CCN(c2nc(-c3ccc(C#N)c(F)c3)c(Nc3ccccc3)s2)CC1. The lowest BCUT2D eigenvalue weighted by molar-refractivity contribution is 0.438. The van der Waals surface area contributed by atoms with Gasteiger partial charge in [-0.25, -0.2) is 9.37 Å². The molecule has 1 aromatic heterocycles. The first kappa shape index (κ1) is 18.5. The van der Waals surface area contributed by atoms with Crippen molar-refractivity contribution in [1.82, 2.24) is 4.98 Å². The largest absolute Gasteiger partial charge is 0.348 e. The molecule has 4 nitrogen and oxygen atoms in total. The highest BCUT2D eigenvalue weighted by molar-refractivity contribution is 7.20. The van der Waals surface area contributed by atoms with Gasteiger partial charge in [0.15, 0.2) is 5.13 Å². The molecular weight excluding hydrogens is 371 g/mol. The van der Waals surface area contributed by atoms with E-state index in [1.807, 2.05) is 36.4 Å². The Balaban J connectivity index is 1.72. The molecule has 3 aromatic rings. The van der Waals surface area contributed by atoms with Crippen LogP contribution in [0.4, 0.5) is 20.2 Å². The van der Waals surface area contributed by atoms with Gasteiger partial charge in [0.1, 0.15) is 22.6 Å². The fourth-order valence-corrected chi connectivity index (χ4v) is 4.39. The molecule has 0 atom stereocenters. The Kier molecular flexibility index (Phi) is 5.27. The molecule has 142 valence electrons. The van der Waals surface area contributed by atoms with Crippen LogP contribution < -0.4 is 10.2 Å². The number of nitrogens with zero attached hydrogens (tertiary/aromatic N) is 3. The van der Waals surface area contributed by atoms with Gasteiger partial charge < -0.3 is 10.2 Å². The second-order valence-electron chi connectivity index (χ2n) is 7.14. The summed E-state index contributed by atoms with van der Waals surface area (Å²) in [6.45, 7) is 4.26. The molecule has 0 bridgehead atoms. The number of aromatic nitrogens is 1. The second kappa shape index (κ2) is 7.99. The van der Waals surface area contributed by atoms with E-state index >= 15 is 0 Å². The minimum atomic E-state index is -0.521. The zero-order valence-electron chi connectivity index (χ0n) is 15.7. The topological polar surface area (TPSA) is 52.0 Å². The van der Waals surface area contributed by atoms with Crippen molar-refractivity contribution in [2.45, 2.75) is 19.8 Å². The number of nitriles is 1. The monoisotopic (exact) mass is 392 g/mol. The van der Waals surface area contributed by atoms with Crippen molar-refractivity contribution in [3.63, 3.8) is 0 Å². The number of hydrogen-bond donors (Lipinski definition) is 1. The van der Waals surface area contributed by atoms with Crippen molar-refractivity contribution in [1.29, 1.82) is 5.26 Å². The van der Waals surface area contributed by atoms with Crippen LogP contribution in [0.3, 0.4) is 0 Å². The van der Waals surface area contributed by atoms with E-state index in [2.05, 4.69) is 17.1 Å². The van der Waals surface area contributed by atoms with Crippen molar-refractivity contribution in [2.75, 3.05) is 23.3 Å². The van der Waals surface area contributed by atoms with Crippen LogP contribution in [0, 0.1) is 23.1 Å². The lowest BCUT2D eigenvalue weighted by Crippen LogP contribution is -2.32. The van der Waals surface area contributed by atoms with Gasteiger partial charge in [0.05, 0.1) is 5.56 Å². The maximum atomic E-state index is 14.2. The quantitative estimate of drug-likeness (QED) is 0.609. The normalized spacial score (nSPS) is 14.7. The molecule has 1 N–H and O–H groups in total. The molecule has 1 aliphatic heterocycles. The molecule has 28 heavy (non-hydrogen) atoms. The Morgan fingerprint density at radius 2 is 1.93 bits per heavy atom. The van der Waals surface area contributed by atoms with Crippen LogP contribution in [0.2, 0.25) is 0 Å². The fourth-order valence-electron chi connectivity index (χ4n) is 3.33. The van der Waals surface area contributed by atoms with Crippen molar-refractivity contribution >= 4 is 27.2 Å². The lowest BCUT2D eigenvalue weighted by atomic mass is 10.00. The molecule has 0 saturated carbocycles. The number of halogens is 1. The van der Waals surface area contributed by atoms with E-state index in [-0.39, 0.29) is 5.56 Å². The molecular formula is C22H21FN4S. The number of benzene rings is 2. The average molecular weight is 393 g/mol.